The van der Waals surface area contributed by atoms with Gasteiger partial charge in [0, 0.05) is 16.8 Å². The second kappa shape index (κ2) is 12.3. The molecule has 6 nitrogen and oxygen atoms in total. The van der Waals surface area contributed by atoms with Crippen LogP contribution in [-0.4, -0.2) is 18.1 Å². The normalized spacial score (nSPS) is 15.5. The number of nitrogens with one attached hydrogen (secondary N) is 4. The number of urea groups is 2. The van der Waals surface area contributed by atoms with Crippen LogP contribution in [0.2, 0.25) is 5.02 Å². The third-order valence-electron chi connectivity index (χ3n) is 6.27. The molecule has 0 spiro atoms. The number of rotatable bonds is 7. The molecule has 0 aromatic heterocycles. The van der Waals surface area contributed by atoms with E-state index in [1.807, 2.05) is 60.7 Å². The molecule has 0 unspecified atom stereocenters. The maximum atomic E-state index is 13.1. The van der Waals surface area contributed by atoms with Crippen molar-refractivity contribution in [3.63, 3.8) is 0 Å². The molecule has 4 N–H and O–H groups in total. The van der Waals surface area contributed by atoms with Crippen molar-refractivity contribution in [1.82, 2.24) is 16.0 Å². The molecular weight excluding hydrogens is 460 g/mol. The molecule has 35 heavy (non-hydrogen) atoms. The molecule has 4 amide bonds. The second-order valence-electron chi connectivity index (χ2n) is 8.83. The molecule has 3 aromatic rings. The SMILES string of the molecule is O=C(Nc1ccc(Cl)cc1)N[C@H](c1ccccc1)[C@@H](NC(=O)NC1CCCCC1)c1ccccc1. The molecule has 0 aliphatic heterocycles. The lowest BCUT2D eigenvalue weighted by Gasteiger charge is -2.31. The van der Waals surface area contributed by atoms with Gasteiger partial charge in [-0.25, -0.2) is 9.59 Å². The summed E-state index contributed by atoms with van der Waals surface area (Å²) in [4.78, 5) is 26.1. The fourth-order valence-electron chi connectivity index (χ4n) is 4.50. The van der Waals surface area contributed by atoms with E-state index in [1.54, 1.807) is 24.3 Å². The number of carbonyl (C=O) groups excluding carboxylic acids is 2. The van der Waals surface area contributed by atoms with Crippen LogP contribution in [0.1, 0.15) is 55.3 Å². The standard InChI is InChI=1S/C28H31ClN4O2/c29-22-16-18-24(19-17-22)31-28(35)33-26(21-12-6-2-7-13-21)25(20-10-4-1-5-11-20)32-27(34)30-23-14-8-3-9-15-23/h1-2,4-7,10-13,16-19,23,25-26H,3,8-9,14-15H2,(H2,30,32,34)(H2,31,33,35)/t25-,26+/m0/s1. The number of anilines is 1. The number of carbonyl (C=O) groups is 2. The predicted molar refractivity (Wildman–Crippen MR) is 141 cm³/mol. The molecule has 0 radical (unpaired) electrons. The maximum Gasteiger partial charge on any atom is 0.319 e. The minimum absolute atomic E-state index is 0.177. The van der Waals surface area contributed by atoms with E-state index in [0.29, 0.717) is 10.7 Å². The van der Waals surface area contributed by atoms with Gasteiger partial charge in [0.25, 0.3) is 0 Å². The first-order valence-corrected chi connectivity index (χ1v) is 12.5. The summed E-state index contributed by atoms with van der Waals surface area (Å²) in [5, 5.41) is 12.8. The van der Waals surface area contributed by atoms with Crippen LogP contribution in [-0.2, 0) is 0 Å². The van der Waals surface area contributed by atoms with E-state index >= 15 is 0 Å². The lowest BCUT2D eigenvalue weighted by atomic mass is 9.93. The van der Waals surface area contributed by atoms with E-state index in [1.165, 1.54) is 6.42 Å². The van der Waals surface area contributed by atoms with Gasteiger partial charge in [0.15, 0.2) is 0 Å². The Kier molecular flexibility index (Phi) is 8.63. The van der Waals surface area contributed by atoms with Gasteiger partial charge in [-0.2, -0.15) is 0 Å². The average molecular weight is 491 g/mol. The van der Waals surface area contributed by atoms with Crippen molar-refractivity contribution in [2.75, 3.05) is 5.32 Å². The fourth-order valence-corrected chi connectivity index (χ4v) is 4.62. The Morgan fingerprint density at radius 1 is 0.686 bits per heavy atom. The van der Waals surface area contributed by atoms with Crippen molar-refractivity contribution in [3.8, 4) is 0 Å². The third-order valence-corrected chi connectivity index (χ3v) is 6.52. The molecule has 0 bridgehead atoms. The minimum Gasteiger partial charge on any atom is -0.335 e. The minimum atomic E-state index is -0.511. The molecule has 1 saturated carbocycles. The number of hydrogen-bond acceptors (Lipinski definition) is 2. The zero-order chi connectivity index (χ0) is 24.5. The van der Waals surface area contributed by atoms with Gasteiger partial charge in [-0.15, -0.1) is 0 Å². The van der Waals surface area contributed by atoms with Crippen LogP contribution in [0.5, 0.6) is 0 Å². The Morgan fingerprint density at radius 3 is 1.74 bits per heavy atom. The van der Waals surface area contributed by atoms with Gasteiger partial charge in [0.2, 0.25) is 0 Å². The van der Waals surface area contributed by atoms with Crippen molar-refractivity contribution >= 4 is 29.4 Å². The molecule has 0 heterocycles. The molecule has 1 aliphatic rings. The zero-order valence-electron chi connectivity index (χ0n) is 19.5. The average Bonchev–Trinajstić information content (AvgIpc) is 2.89. The summed E-state index contributed by atoms with van der Waals surface area (Å²) in [5.41, 5.74) is 2.40. The molecular formula is C28H31ClN4O2. The fraction of sp³-hybridized carbons (Fsp3) is 0.286. The molecule has 182 valence electrons. The van der Waals surface area contributed by atoms with Crippen molar-refractivity contribution in [2.45, 2.75) is 50.2 Å². The summed E-state index contributed by atoms with van der Waals surface area (Å²) >= 11 is 5.97. The van der Waals surface area contributed by atoms with Crippen molar-refractivity contribution in [1.29, 1.82) is 0 Å². The van der Waals surface area contributed by atoms with Crippen LogP contribution in [0.15, 0.2) is 84.9 Å². The number of halogens is 1. The van der Waals surface area contributed by atoms with E-state index in [2.05, 4.69) is 21.3 Å². The van der Waals surface area contributed by atoms with Crippen LogP contribution in [0.3, 0.4) is 0 Å². The Bertz CT molecular complexity index is 1090. The van der Waals surface area contributed by atoms with E-state index < -0.39 is 12.1 Å². The van der Waals surface area contributed by atoms with Gasteiger partial charge in [-0.1, -0.05) is 91.5 Å². The molecule has 4 rings (SSSR count). The van der Waals surface area contributed by atoms with Crippen LogP contribution >= 0.6 is 11.6 Å². The first-order chi connectivity index (χ1) is 17.1. The largest absolute Gasteiger partial charge is 0.335 e. The smallest absolute Gasteiger partial charge is 0.319 e. The summed E-state index contributed by atoms with van der Waals surface area (Å²) in [7, 11) is 0. The Hall–Kier alpha value is -3.51. The summed E-state index contributed by atoms with van der Waals surface area (Å²) in [6, 6.07) is 24.9. The Morgan fingerprint density at radius 2 is 1.20 bits per heavy atom. The molecule has 1 aliphatic carbocycles. The monoisotopic (exact) mass is 490 g/mol. The Balaban J connectivity index is 1.57. The third kappa shape index (κ3) is 7.23. The summed E-state index contributed by atoms with van der Waals surface area (Å²) in [5.74, 6) is 0. The summed E-state index contributed by atoms with van der Waals surface area (Å²) in [6.45, 7) is 0. The molecule has 0 saturated heterocycles. The van der Waals surface area contributed by atoms with E-state index in [-0.39, 0.29) is 18.1 Å². The number of benzene rings is 3. The van der Waals surface area contributed by atoms with E-state index in [4.69, 9.17) is 11.6 Å². The first kappa shape index (κ1) is 24.6. The van der Waals surface area contributed by atoms with Crippen molar-refractivity contribution < 1.29 is 9.59 Å². The van der Waals surface area contributed by atoms with E-state index in [0.717, 1.165) is 36.8 Å². The van der Waals surface area contributed by atoms with Crippen LogP contribution in [0.4, 0.5) is 15.3 Å². The van der Waals surface area contributed by atoms with Gasteiger partial charge in [-0.05, 0) is 48.2 Å². The van der Waals surface area contributed by atoms with Gasteiger partial charge in [0.1, 0.15) is 0 Å². The highest BCUT2D eigenvalue weighted by atomic mass is 35.5. The highest BCUT2D eigenvalue weighted by Crippen LogP contribution is 2.29. The zero-order valence-corrected chi connectivity index (χ0v) is 20.3. The molecule has 7 heteroatoms. The van der Waals surface area contributed by atoms with Gasteiger partial charge in [-0.3, -0.25) is 0 Å². The van der Waals surface area contributed by atoms with Crippen molar-refractivity contribution in [2.24, 2.45) is 0 Å². The molecule has 3 aromatic carbocycles. The van der Waals surface area contributed by atoms with Crippen molar-refractivity contribution in [3.05, 3.63) is 101 Å². The topological polar surface area (TPSA) is 82.3 Å². The molecule has 2 atom stereocenters. The summed E-state index contributed by atoms with van der Waals surface area (Å²) < 4.78 is 0. The lowest BCUT2D eigenvalue weighted by Crippen LogP contribution is -2.48. The Labute approximate surface area is 211 Å². The van der Waals surface area contributed by atoms with Crippen LogP contribution < -0.4 is 21.3 Å². The summed E-state index contributed by atoms with van der Waals surface area (Å²) in [6.07, 6.45) is 5.47. The number of hydrogen-bond donors (Lipinski definition) is 4. The highest BCUT2D eigenvalue weighted by Gasteiger charge is 2.29. The second-order valence-corrected chi connectivity index (χ2v) is 9.27. The van der Waals surface area contributed by atoms with E-state index in [9.17, 15) is 9.59 Å². The quantitative estimate of drug-likeness (QED) is 0.302. The molecule has 1 fully saturated rings. The highest BCUT2D eigenvalue weighted by molar-refractivity contribution is 6.30. The predicted octanol–water partition coefficient (Wildman–Crippen LogP) is 6.58. The maximum absolute atomic E-state index is 13.1. The first-order valence-electron chi connectivity index (χ1n) is 12.1. The van der Waals surface area contributed by atoms with Crippen LogP contribution in [0, 0.1) is 0 Å². The number of amides is 4. The van der Waals surface area contributed by atoms with Crippen LogP contribution in [0.25, 0.3) is 0 Å². The lowest BCUT2D eigenvalue weighted by molar-refractivity contribution is 0.222. The van der Waals surface area contributed by atoms with Gasteiger partial charge in [0.05, 0.1) is 12.1 Å². The van der Waals surface area contributed by atoms with Gasteiger partial charge >= 0.3 is 12.1 Å². The van der Waals surface area contributed by atoms with Gasteiger partial charge < -0.3 is 21.3 Å².